The fourth-order valence-corrected chi connectivity index (χ4v) is 8.76. The van der Waals surface area contributed by atoms with Gasteiger partial charge in [-0.25, -0.2) is 0 Å². The molecule has 0 N–H and O–H groups in total. The Balaban J connectivity index is 1.42. The van der Waals surface area contributed by atoms with Crippen LogP contribution in [-0.4, -0.2) is 0 Å². The summed E-state index contributed by atoms with van der Waals surface area (Å²) < 4.78 is 0. The van der Waals surface area contributed by atoms with Crippen LogP contribution in [0.2, 0.25) is 0 Å². The van der Waals surface area contributed by atoms with Crippen LogP contribution >= 0.6 is 0 Å². The third-order valence-electron chi connectivity index (χ3n) is 10.2. The van der Waals surface area contributed by atoms with Crippen LogP contribution in [0.15, 0.2) is 121 Å². The summed E-state index contributed by atoms with van der Waals surface area (Å²) in [5.74, 6) is 0. The first-order valence-electron chi connectivity index (χ1n) is 14.5. The maximum absolute atomic E-state index is 2.49. The largest absolute Gasteiger partial charge is 0.0719 e. The van der Waals surface area contributed by atoms with Gasteiger partial charge in [0.25, 0.3) is 0 Å². The lowest BCUT2D eigenvalue weighted by molar-refractivity contribution is 0.721. The van der Waals surface area contributed by atoms with Crippen LogP contribution in [-0.2, 0) is 24.7 Å². The summed E-state index contributed by atoms with van der Waals surface area (Å²) >= 11 is 0. The molecule has 4 aliphatic carbocycles. The van der Waals surface area contributed by atoms with Crippen LogP contribution in [0.5, 0.6) is 0 Å². The van der Waals surface area contributed by atoms with E-state index in [1.165, 1.54) is 89.0 Å². The fourth-order valence-electron chi connectivity index (χ4n) is 8.76. The highest BCUT2D eigenvalue weighted by atomic mass is 14.5. The smallest absolute Gasteiger partial charge is 0.0620 e. The molecule has 0 aromatic heterocycles. The molecule has 0 fully saturated rings. The molecule has 0 atom stereocenters. The molecule has 0 saturated carbocycles. The molecule has 0 aliphatic heterocycles. The first-order chi connectivity index (χ1) is 19.8. The summed E-state index contributed by atoms with van der Waals surface area (Å²) in [5.41, 5.74) is 23.0. The zero-order chi connectivity index (χ0) is 26.0. The molecule has 4 aliphatic rings. The lowest BCUT2D eigenvalue weighted by Gasteiger charge is -2.40. The summed E-state index contributed by atoms with van der Waals surface area (Å²) in [5, 5.41) is 0. The third-order valence-corrected chi connectivity index (χ3v) is 10.2. The van der Waals surface area contributed by atoms with E-state index < -0.39 is 0 Å². The zero-order valence-electron chi connectivity index (χ0n) is 22.2. The maximum atomic E-state index is 2.49. The maximum Gasteiger partial charge on any atom is 0.0719 e. The summed E-state index contributed by atoms with van der Waals surface area (Å²) in [4.78, 5) is 0. The third kappa shape index (κ3) is 2.36. The molecule has 40 heavy (non-hydrogen) atoms. The van der Waals surface area contributed by atoms with Crippen LogP contribution < -0.4 is 0 Å². The van der Waals surface area contributed by atoms with Crippen molar-refractivity contribution in [2.24, 2.45) is 0 Å². The average Bonchev–Trinajstić information content (AvgIpc) is 3.66. The van der Waals surface area contributed by atoms with Crippen molar-refractivity contribution >= 4 is 0 Å². The zero-order valence-corrected chi connectivity index (χ0v) is 22.2. The van der Waals surface area contributed by atoms with Gasteiger partial charge in [0.05, 0.1) is 5.41 Å². The monoisotopic (exact) mass is 506 g/mol. The first kappa shape index (κ1) is 21.2. The second-order valence-electron chi connectivity index (χ2n) is 11.9. The number of rotatable bonds is 0. The second-order valence-corrected chi connectivity index (χ2v) is 11.9. The average molecular weight is 507 g/mol. The van der Waals surface area contributed by atoms with E-state index in [2.05, 4.69) is 121 Å². The van der Waals surface area contributed by atoms with Crippen molar-refractivity contribution in [2.75, 3.05) is 0 Å². The van der Waals surface area contributed by atoms with Gasteiger partial charge in [0.15, 0.2) is 0 Å². The van der Waals surface area contributed by atoms with Gasteiger partial charge in [-0.05, 0) is 108 Å². The van der Waals surface area contributed by atoms with Crippen LogP contribution in [0.1, 0.15) is 55.6 Å². The molecule has 6 aromatic rings. The van der Waals surface area contributed by atoms with Crippen molar-refractivity contribution < 1.29 is 0 Å². The normalized spacial score (nSPS) is 15.4. The molecular formula is C40H26. The van der Waals surface area contributed by atoms with Gasteiger partial charge in [-0.1, -0.05) is 121 Å². The van der Waals surface area contributed by atoms with Gasteiger partial charge in [-0.2, -0.15) is 0 Å². The lowest BCUT2D eigenvalue weighted by atomic mass is 9.61. The lowest BCUT2D eigenvalue weighted by Crippen LogP contribution is -2.34. The molecule has 186 valence electrons. The number of hydrogen-bond donors (Lipinski definition) is 0. The molecular weight excluding hydrogens is 480 g/mol. The van der Waals surface area contributed by atoms with E-state index >= 15 is 0 Å². The van der Waals surface area contributed by atoms with Crippen LogP contribution in [0.25, 0.3) is 33.4 Å². The van der Waals surface area contributed by atoms with Gasteiger partial charge in [0.2, 0.25) is 0 Å². The van der Waals surface area contributed by atoms with Gasteiger partial charge in [-0.3, -0.25) is 0 Å². The Hall–Kier alpha value is -4.68. The molecule has 0 nitrogen and oxygen atoms in total. The molecule has 0 amide bonds. The van der Waals surface area contributed by atoms with Gasteiger partial charge in [0.1, 0.15) is 0 Å². The summed E-state index contributed by atoms with van der Waals surface area (Å²) in [6, 6.07) is 46.4. The van der Waals surface area contributed by atoms with Crippen molar-refractivity contribution in [3.05, 3.63) is 177 Å². The van der Waals surface area contributed by atoms with E-state index in [1.54, 1.807) is 0 Å². The Morgan fingerprint density at radius 2 is 0.875 bits per heavy atom. The summed E-state index contributed by atoms with van der Waals surface area (Å²) in [6.45, 7) is 0. The van der Waals surface area contributed by atoms with E-state index in [0.717, 1.165) is 19.3 Å². The van der Waals surface area contributed by atoms with Crippen LogP contribution in [0.4, 0.5) is 0 Å². The highest BCUT2D eigenvalue weighted by Crippen LogP contribution is 2.64. The van der Waals surface area contributed by atoms with Crippen LogP contribution in [0.3, 0.4) is 0 Å². The Bertz CT molecular complexity index is 2040. The Labute approximate surface area is 234 Å². The first-order valence-corrected chi connectivity index (χ1v) is 14.5. The van der Waals surface area contributed by atoms with E-state index in [-0.39, 0.29) is 5.41 Å². The van der Waals surface area contributed by atoms with Gasteiger partial charge >= 0.3 is 0 Å². The molecule has 0 saturated heterocycles. The minimum absolute atomic E-state index is 0.313. The molecule has 0 bridgehead atoms. The van der Waals surface area contributed by atoms with Crippen LogP contribution in [0, 0.1) is 0 Å². The van der Waals surface area contributed by atoms with E-state index in [0.29, 0.717) is 0 Å². The van der Waals surface area contributed by atoms with E-state index in [1.807, 2.05) is 0 Å². The number of hydrogen-bond acceptors (Lipinski definition) is 0. The predicted molar refractivity (Wildman–Crippen MR) is 163 cm³/mol. The van der Waals surface area contributed by atoms with Crippen molar-refractivity contribution in [2.45, 2.75) is 24.7 Å². The Morgan fingerprint density at radius 3 is 1.62 bits per heavy atom. The molecule has 0 heteroatoms. The molecule has 1 spiro atoms. The van der Waals surface area contributed by atoms with E-state index in [9.17, 15) is 0 Å². The Kier molecular flexibility index (Phi) is 3.86. The molecule has 0 unspecified atom stereocenters. The summed E-state index contributed by atoms with van der Waals surface area (Å²) in [7, 11) is 0. The fraction of sp³-hybridized carbons (Fsp3) is 0.100. The van der Waals surface area contributed by atoms with Crippen molar-refractivity contribution in [3.63, 3.8) is 0 Å². The Morgan fingerprint density at radius 1 is 0.325 bits per heavy atom. The number of benzene rings is 6. The molecule has 0 heterocycles. The quantitative estimate of drug-likeness (QED) is 0.192. The SMILES string of the molecule is c1ccc2c(c1)Cc1c-2ccc2c1-c1c(ccc3c1-c1ccccc1C3)C21c2ccccc2Cc2ccccc21. The standard InChI is InChI=1S/C40H26/c1-5-13-29-25(10-1)23-32-31(29)18-20-35-38(32)39-36(19-17-28-21-24-9-2-6-14-30(24)37(28)39)40(35)33-15-7-3-11-26(33)22-27-12-4-8-16-34(27)40/h1-20H,21-23H2. The van der Waals surface area contributed by atoms with Gasteiger partial charge < -0.3 is 0 Å². The van der Waals surface area contributed by atoms with Crippen molar-refractivity contribution in [1.29, 1.82) is 0 Å². The van der Waals surface area contributed by atoms with E-state index in [4.69, 9.17) is 0 Å². The van der Waals surface area contributed by atoms with Crippen molar-refractivity contribution in [1.82, 2.24) is 0 Å². The topological polar surface area (TPSA) is 0 Å². The highest BCUT2D eigenvalue weighted by Gasteiger charge is 2.52. The number of fused-ring (bicyclic) bond motifs is 17. The van der Waals surface area contributed by atoms with Crippen molar-refractivity contribution in [3.8, 4) is 33.4 Å². The van der Waals surface area contributed by atoms with Gasteiger partial charge in [-0.15, -0.1) is 0 Å². The molecule has 0 radical (unpaired) electrons. The second kappa shape index (κ2) is 7.29. The molecule has 6 aromatic carbocycles. The highest BCUT2D eigenvalue weighted by molar-refractivity contribution is 6.03. The predicted octanol–water partition coefficient (Wildman–Crippen LogP) is 9.10. The molecule has 10 rings (SSSR count). The minimum atomic E-state index is -0.313. The summed E-state index contributed by atoms with van der Waals surface area (Å²) in [6.07, 6.45) is 3.01. The minimum Gasteiger partial charge on any atom is -0.0620 e. The van der Waals surface area contributed by atoms with Gasteiger partial charge in [0, 0.05) is 0 Å².